The summed E-state index contributed by atoms with van der Waals surface area (Å²) < 4.78 is 7.39. The number of hydrogen-bond donors (Lipinski definition) is 2. The minimum atomic E-state index is -0.989. The van der Waals surface area contributed by atoms with Gasteiger partial charge >= 0.3 is 6.09 Å². The van der Waals surface area contributed by atoms with Crippen LogP contribution in [0.25, 0.3) is 28.2 Å². The number of benzene rings is 2. The zero-order valence-electron chi connectivity index (χ0n) is 18.9. The number of ether oxygens (including phenoxy) is 1. The van der Waals surface area contributed by atoms with Gasteiger partial charge in [-0.25, -0.2) is 14.3 Å². The molecular weight excluding hydrogens is 416 g/mol. The largest absolute Gasteiger partial charge is 0.480 e. The second kappa shape index (κ2) is 7.92. The van der Waals surface area contributed by atoms with E-state index in [1.165, 1.54) is 0 Å². The van der Waals surface area contributed by atoms with Crippen molar-refractivity contribution in [3.05, 3.63) is 71.3 Å². The molecular formula is C26H26N4O3. The van der Waals surface area contributed by atoms with Gasteiger partial charge in [-0.15, -0.1) is 5.10 Å². The zero-order valence-corrected chi connectivity index (χ0v) is 18.9. The van der Waals surface area contributed by atoms with Crippen LogP contribution >= 0.6 is 0 Å². The van der Waals surface area contributed by atoms with E-state index in [2.05, 4.69) is 5.32 Å². The normalized spacial score (nSPS) is 14.6. The Morgan fingerprint density at radius 1 is 1.03 bits per heavy atom. The summed E-state index contributed by atoms with van der Waals surface area (Å²) in [5, 5.41) is 16.8. The maximum Gasteiger partial charge on any atom is 0.405 e. The molecule has 0 spiro atoms. The van der Waals surface area contributed by atoms with Crippen molar-refractivity contribution < 1.29 is 14.6 Å². The number of rotatable bonds is 5. The highest BCUT2D eigenvalue weighted by atomic mass is 16.5. The van der Waals surface area contributed by atoms with Crippen LogP contribution in [0.2, 0.25) is 0 Å². The second-order valence-electron chi connectivity index (χ2n) is 8.61. The van der Waals surface area contributed by atoms with E-state index in [0.717, 1.165) is 64.1 Å². The van der Waals surface area contributed by atoms with E-state index in [0.29, 0.717) is 5.88 Å². The molecule has 0 atom stereocenters. The fourth-order valence-electron chi connectivity index (χ4n) is 4.66. The Labute approximate surface area is 192 Å². The van der Waals surface area contributed by atoms with E-state index in [-0.39, 0.29) is 0 Å². The number of aryl methyl sites for hydroxylation is 1. The molecule has 1 aliphatic rings. The first-order valence-electron chi connectivity index (χ1n) is 11.0. The number of carboxylic acid groups (broad SMARTS) is 1. The van der Waals surface area contributed by atoms with Gasteiger partial charge in [-0.1, -0.05) is 54.6 Å². The quantitative estimate of drug-likeness (QED) is 0.436. The van der Waals surface area contributed by atoms with Crippen molar-refractivity contribution in [3.8, 4) is 28.4 Å². The van der Waals surface area contributed by atoms with Crippen LogP contribution in [-0.2, 0) is 5.54 Å². The standard InChI is InChI=1S/C26H26N4O3/c1-16-17(2)24(33-3)29-30-22(19-8-5-4-6-9-19)21(27-23(16)30)18-10-12-20(13-11-18)26(14-7-15-26)28-25(31)32/h4-6,8-13,28H,7,14-15H2,1-3H3,(H,31,32). The lowest BCUT2D eigenvalue weighted by atomic mass is 9.72. The molecule has 0 bridgehead atoms. The van der Waals surface area contributed by atoms with Crippen LogP contribution < -0.4 is 10.1 Å². The number of nitrogens with zero attached hydrogens (tertiary/aromatic N) is 3. The molecule has 1 saturated carbocycles. The fourth-order valence-corrected chi connectivity index (χ4v) is 4.66. The first kappa shape index (κ1) is 21.0. The molecule has 168 valence electrons. The first-order chi connectivity index (χ1) is 15.9. The van der Waals surface area contributed by atoms with Crippen molar-refractivity contribution in [3.63, 3.8) is 0 Å². The maximum atomic E-state index is 11.3. The molecule has 33 heavy (non-hydrogen) atoms. The summed E-state index contributed by atoms with van der Waals surface area (Å²) in [5.41, 5.74) is 6.92. The van der Waals surface area contributed by atoms with Crippen molar-refractivity contribution in [2.45, 2.75) is 38.6 Å². The summed E-state index contributed by atoms with van der Waals surface area (Å²) in [5.74, 6) is 0.572. The molecule has 2 N–H and O–H groups in total. The predicted molar refractivity (Wildman–Crippen MR) is 127 cm³/mol. The van der Waals surface area contributed by atoms with Gasteiger partial charge in [0, 0.05) is 22.3 Å². The smallest absolute Gasteiger partial charge is 0.405 e. The van der Waals surface area contributed by atoms with E-state index in [4.69, 9.17) is 14.8 Å². The van der Waals surface area contributed by atoms with Crippen LogP contribution in [0.15, 0.2) is 54.6 Å². The minimum Gasteiger partial charge on any atom is -0.480 e. The van der Waals surface area contributed by atoms with Crippen molar-refractivity contribution in [2.75, 3.05) is 7.11 Å². The molecule has 0 unspecified atom stereocenters. The Kier molecular flexibility index (Phi) is 5.04. The van der Waals surface area contributed by atoms with Crippen molar-refractivity contribution in [1.82, 2.24) is 19.9 Å². The molecule has 1 amide bonds. The third-order valence-electron chi connectivity index (χ3n) is 6.77. The lowest BCUT2D eigenvalue weighted by Gasteiger charge is -2.42. The summed E-state index contributed by atoms with van der Waals surface area (Å²) in [4.78, 5) is 16.3. The number of imidazole rings is 1. The van der Waals surface area contributed by atoms with Crippen LogP contribution in [0.1, 0.15) is 36.0 Å². The molecule has 2 aromatic heterocycles. The Hall–Kier alpha value is -3.87. The van der Waals surface area contributed by atoms with E-state index >= 15 is 0 Å². The molecule has 1 fully saturated rings. The van der Waals surface area contributed by atoms with Gasteiger partial charge < -0.3 is 15.2 Å². The highest BCUT2D eigenvalue weighted by Crippen LogP contribution is 2.42. The van der Waals surface area contributed by atoms with Gasteiger partial charge in [0.1, 0.15) is 5.69 Å². The molecule has 0 radical (unpaired) electrons. The molecule has 0 aliphatic heterocycles. The van der Waals surface area contributed by atoms with Gasteiger partial charge in [-0.3, -0.25) is 0 Å². The second-order valence-corrected chi connectivity index (χ2v) is 8.61. The Balaban J connectivity index is 1.68. The summed E-state index contributed by atoms with van der Waals surface area (Å²) in [6.45, 7) is 4.02. The summed E-state index contributed by atoms with van der Waals surface area (Å²) in [7, 11) is 1.63. The first-order valence-corrected chi connectivity index (χ1v) is 11.0. The van der Waals surface area contributed by atoms with Gasteiger partial charge in [0.15, 0.2) is 5.65 Å². The van der Waals surface area contributed by atoms with Crippen LogP contribution in [0.5, 0.6) is 5.88 Å². The van der Waals surface area contributed by atoms with Gasteiger partial charge in [-0.2, -0.15) is 0 Å². The number of hydrogen-bond acceptors (Lipinski definition) is 4. The predicted octanol–water partition coefficient (Wildman–Crippen LogP) is 5.34. The number of fused-ring (bicyclic) bond motifs is 1. The average molecular weight is 443 g/mol. The number of methoxy groups -OCH3 is 1. The van der Waals surface area contributed by atoms with E-state index in [9.17, 15) is 9.90 Å². The third-order valence-corrected chi connectivity index (χ3v) is 6.77. The number of carbonyl (C=O) groups is 1. The Morgan fingerprint density at radius 3 is 2.30 bits per heavy atom. The van der Waals surface area contributed by atoms with E-state index in [1.54, 1.807) is 7.11 Å². The van der Waals surface area contributed by atoms with E-state index < -0.39 is 11.6 Å². The van der Waals surface area contributed by atoms with Gasteiger partial charge in [0.2, 0.25) is 5.88 Å². The fraction of sp³-hybridized carbons (Fsp3) is 0.269. The van der Waals surface area contributed by atoms with Gasteiger partial charge in [0.25, 0.3) is 0 Å². The molecule has 2 heterocycles. The molecule has 0 saturated heterocycles. The number of amides is 1. The Morgan fingerprint density at radius 2 is 1.73 bits per heavy atom. The highest BCUT2D eigenvalue weighted by Gasteiger charge is 2.40. The topological polar surface area (TPSA) is 88.8 Å². The number of nitrogens with one attached hydrogen (secondary N) is 1. The van der Waals surface area contributed by atoms with E-state index in [1.807, 2.05) is 73.0 Å². The third kappa shape index (κ3) is 3.40. The molecule has 7 nitrogen and oxygen atoms in total. The molecule has 5 rings (SSSR count). The molecule has 1 aliphatic carbocycles. The van der Waals surface area contributed by atoms with Gasteiger partial charge in [-0.05, 0) is 38.7 Å². The molecule has 4 aromatic rings. The lowest BCUT2D eigenvalue weighted by molar-refractivity contribution is 0.144. The monoisotopic (exact) mass is 442 g/mol. The minimum absolute atomic E-state index is 0.492. The zero-order chi connectivity index (χ0) is 23.2. The lowest BCUT2D eigenvalue weighted by Crippen LogP contribution is -2.50. The summed E-state index contributed by atoms with van der Waals surface area (Å²) in [6, 6.07) is 18.1. The van der Waals surface area contributed by atoms with Crippen LogP contribution in [-0.4, -0.2) is 32.9 Å². The average Bonchev–Trinajstić information content (AvgIpc) is 3.19. The van der Waals surface area contributed by atoms with Crippen LogP contribution in [0.4, 0.5) is 4.79 Å². The van der Waals surface area contributed by atoms with Crippen molar-refractivity contribution >= 4 is 11.7 Å². The van der Waals surface area contributed by atoms with Gasteiger partial charge in [0.05, 0.1) is 18.3 Å². The molecule has 2 aromatic carbocycles. The maximum absolute atomic E-state index is 11.3. The van der Waals surface area contributed by atoms with Crippen LogP contribution in [0.3, 0.4) is 0 Å². The summed E-state index contributed by atoms with van der Waals surface area (Å²) in [6.07, 6.45) is 1.64. The Bertz CT molecular complexity index is 1340. The SMILES string of the molecule is COc1nn2c(-c3ccccc3)c(-c3ccc(C4(NC(=O)O)CCC4)cc3)nc2c(C)c1C. The van der Waals surface area contributed by atoms with Crippen molar-refractivity contribution in [1.29, 1.82) is 0 Å². The highest BCUT2D eigenvalue weighted by molar-refractivity contribution is 5.82. The number of aromatic nitrogens is 3. The molecule has 7 heteroatoms. The van der Waals surface area contributed by atoms with Crippen molar-refractivity contribution in [2.24, 2.45) is 0 Å². The van der Waals surface area contributed by atoms with Crippen LogP contribution in [0, 0.1) is 13.8 Å². The summed E-state index contributed by atoms with van der Waals surface area (Å²) >= 11 is 0.